The molecule has 23 heavy (non-hydrogen) atoms. The van der Waals surface area contributed by atoms with Gasteiger partial charge in [0.25, 0.3) is 0 Å². The third kappa shape index (κ3) is 2.35. The molecule has 0 bridgehead atoms. The summed E-state index contributed by atoms with van der Waals surface area (Å²) in [6.07, 6.45) is 5.22. The van der Waals surface area contributed by atoms with Gasteiger partial charge in [-0.2, -0.15) is 0 Å². The van der Waals surface area contributed by atoms with E-state index in [1.165, 1.54) is 0 Å². The molecule has 0 aliphatic heterocycles. The summed E-state index contributed by atoms with van der Waals surface area (Å²) < 4.78 is 0.953. The zero-order valence-electron chi connectivity index (χ0n) is 12.2. The molecule has 4 aromatic heterocycles. The Bertz CT molecular complexity index is 982. The Kier molecular flexibility index (Phi) is 3.45. The van der Waals surface area contributed by atoms with Crippen molar-refractivity contribution >= 4 is 31.8 Å². The van der Waals surface area contributed by atoms with Crippen LogP contribution in [0.5, 0.6) is 0 Å². The van der Waals surface area contributed by atoms with Gasteiger partial charge in [-0.25, -0.2) is 15.0 Å². The van der Waals surface area contributed by atoms with E-state index >= 15 is 0 Å². The second-order valence-electron chi connectivity index (χ2n) is 5.15. The van der Waals surface area contributed by atoms with Crippen molar-refractivity contribution in [2.45, 2.75) is 6.04 Å². The monoisotopic (exact) mass is 322 g/mol. The van der Waals surface area contributed by atoms with Gasteiger partial charge in [0, 0.05) is 36.1 Å². The number of hydrogen-bond acceptors (Lipinski definition) is 7. The molecule has 6 nitrogen and oxygen atoms in total. The molecular formula is C16H14N6S. The summed E-state index contributed by atoms with van der Waals surface area (Å²) >= 11 is 1.55. The van der Waals surface area contributed by atoms with Gasteiger partial charge >= 0.3 is 0 Å². The predicted molar refractivity (Wildman–Crippen MR) is 91.9 cm³/mol. The summed E-state index contributed by atoms with van der Waals surface area (Å²) in [5.41, 5.74) is 14.5. The van der Waals surface area contributed by atoms with Crippen LogP contribution in [0.15, 0.2) is 42.9 Å². The van der Waals surface area contributed by atoms with Gasteiger partial charge in [-0.3, -0.25) is 4.98 Å². The highest BCUT2D eigenvalue weighted by molar-refractivity contribution is 7.25. The van der Waals surface area contributed by atoms with Crippen LogP contribution in [0.1, 0.15) is 11.7 Å². The average Bonchev–Trinajstić information content (AvgIpc) is 2.99. The molecule has 0 fully saturated rings. The molecule has 4 rings (SSSR count). The van der Waals surface area contributed by atoms with Crippen molar-refractivity contribution in [2.75, 3.05) is 6.54 Å². The molecule has 0 aliphatic carbocycles. The topological polar surface area (TPSA) is 104 Å². The predicted octanol–water partition coefficient (Wildman–Crippen LogP) is 2.26. The highest BCUT2D eigenvalue weighted by Crippen LogP contribution is 2.35. The Balaban J connectivity index is 2.08. The van der Waals surface area contributed by atoms with Crippen LogP contribution in [-0.2, 0) is 0 Å². The van der Waals surface area contributed by atoms with E-state index in [4.69, 9.17) is 16.5 Å². The van der Waals surface area contributed by atoms with Gasteiger partial charge in [-0.1, -0.05) is 0 Å². The molecule has 1 atom stereocenters. The molecule has 0 spiro atoms. The van der Waals surface area contributed by atoms with Crippen molar-refractivity contribution in [2.24, 2.45) is 11.5 Å². The zero-order valence-corrected chi connectivity index (χ0v) is 13.0. The van der Waals surface area contributed by atoms with Crippen LogP contribution in [0.2, 0.25) is 0 Å². The third-order valence-electron chi connectivity index (χ3n) is 3.66. The van der Waals surface area contributed by atoms with Crippen molar-refractivity contribution in [3.63, 3.8) is 0 Å². The Hall–Kier alpha value is -2.48. The SMILES string of the molecule is NCC(N)c1nc(-c2ccncc2)nc2c1sc1ncccc12. The second kappa shape index (κ2) is 5.62. The van der Waals surface area contributed by atoms with E-state index in [9.17, 15) is 0 Å². The maximum atomic E-state index is 6.19. The van der Waals surface area contributed by atoms with Crippen LogP contribution in [0.4, 0.5) is 0 Å². The molecular weight excluding hydrogens is 308 g/mol. The maximum Gasteiger partial charge on any atom is 0.160 e. The first-order valence-corrected chi connectivity index (χ1v) is 8.01. The van der Waals surface area contributed by atoms with Crippen LogP contribution in [-0.4, -0.2) is 26.5 Å². The first-order valence-electron chi connectivity index (χ1n) is 7.19. The fourth-order valence-corrected chi connectivity index (χ4v) is 3.63. The van der Waals surface area contributed by atoms with Crippen LogP contribution in [0.25, 0.3) is 31.8 Å². The number of pyridine rings is 2. The normalized spacial score (nSPS) is 12.8. The van der Waals surface area contributed by atoms with E-state index < -0.39 is 0 Å². The van der Waals surface area contributed by atoms with Crippen LogP contribution < -0.4 is 11.5 Å². The summed E-state index contributed by atoms with van der Waals surface area (Å²) in [5, 5.41) is 1.01. The van der Waals surface area contributed by atoms with Crippen LogP contribution in [0.3, 0.4) is 0 Å². The van der Waals surface area contributed by atoms with Crippen LogP contribution >= 0.6 is 11.3 Å². The minimum Gasteiger partial charge on any atom is -0.329 e. The number of aromatic nitrogens is 4. The molecule has 0 radical (unpaired) electrons. The average molecular weight is 322 g/mol. The van der Waals surface area contributed by atoms with Gasteiger partial charge in [0.2, 0.25) is 0 Å². The van der Waals surface area contributed by atoms with Crippen molar-refractivity contribution in [3.05, 3.63) is 48.5 Å². The Morgan fingerprint density at radius 1 is 1.09 bits per heavy atom. The lowest BCUT2D eigenvalue weighted by Gasteiger charge is -2.11. The Morgan fingerprint density at radius 3 is 2.70 bits per heavy atom. The van der Waals surface area contributed by atoms with Crippen molar-refractivity contribution in [3.8, 4) is 11.4 Å². The molecule has 0 aromatic carbocycles. The minimum absolute atomic E-state index is 0.323. The van der Waals surface area contributed by atoms with Gasteiger partial charge in [0.05, 0.1) is 22.0 Å². The molecule has 0 aliphatic rings. The molecule has 4 N–H and O–H groups in total. The molecule has 4 heterocycles. The summed E-state index contributed by atoms with van der Waals surface area (Å²) in [6.45, 7) is 0.323. The number of fused-ring (bicyclic) bond motifs is 3. The van der Waals surface area contributed by atoms with E-state index in [0.717, 1.165) is 31.7 Å². The van der Waals surface area contributed by atoms with E-state index in [1.807, 2.05) is 24.3 Å². The number of thiophene rings is 1. The first-order chi connectivity index (χ1) is 11.3. The molecule has 0 amide bonds. The van der Waals surface area contributed by atoms with Gasteiger partial charge in [-0.15, -0.1) is 11.3 Å². The molecule has 1 unspecified atom stereocenters. The number of nitrogens with zero attached hydrogens (tertiary/aromatic N) is 4. The summed E-state index contributed by atoms with van der Waals surface area (Å²) in [4.78, 5) is 18.8. The van der Waals surface area contributed by atoms with E-state index in [-0.39, 0.29) is 6.04 Å². The lowest BCUT2D eigenvalue weighted by Crippen LogP contribution is -2.22. The van der Waals surface area contributed by atoms with E-state index in [2.05, 4.69) is 15.0 Å². The van der Waals surface area contributed by atoms with Crippen molar-refractivity contribution < 1.29 is 0 Å². The molecule has 0 saturated heterocycles. The third-order valence-corrected chi connectivity index (χ3v) is 4.79. The molecule has 0 saturated carbocycles. The Morgan fingerprint density at radius 2 is 1.91 bits per heavy atom. The summed E-state index contributed by atoms with van der Waals surface area (Å²) in [6, 6.07) is 7.35. The molecule has 4 aromatic rings. The largest absolute Gasteiger partial charge is 0.329 e. The van der Waals surface area contributed by atoms with Crippen LogP contribution in [0, 0.1) is 0 Å². The molecule has 114 valence electrons. The van der Waals surface area contributed by atoms with Gasteiger partial charge in [-0.05, 0) is 24.3 Å². The fourth-order valence-electron chi connectivity index (χ4n) is 2.49. The number of hydrogen-bond donors (Lipinski definition) is 2. The standard InChI is InChI=1S/C16H14N6S/c17-8-11(18)13-14-12(10-2-1-5-20-16(10)23-14)21-15(22-13)9-3-6-19-7-4-9/h1-7,11H,8,17-18H2. The maximum absolute atomic E-state index is 6.19. The Labute approximate surface area is 136 Å². The van der Waals surface area contributed by atoms with E-state index in [1.54, 1.807) is 29.9 Å². The van der Waals surface area contributed by atoms with Gasteiger partial charge in [0.1, 0.15) is 4.83 Å². The lowest BCUT2D eigenvalue weighted by atomic mass is 10.1. The zero-order chi connectivity index (χ0) is 15.8. The highest BCUT2D eigenvalue weighted by atomic mass is 32.1. The van der Waals surface area contributed by atoms with Gasteiger partial charge < -0.3 is 11.5 Å². The number of nitrogens with two attached hydrogens (primary N) is 2. The quantitative estimate of drug-likeness (QED) is 0.599. The summed E-state index contributed by atoms with van der Waals surface area (Å²) in [7, 11) is 0. The van der Waals surface area contributed by atoms with Crippen molar-refractivity contribution in [1.29, 1.82) is 0 Å². The highest BCUT2D eigenvalue weighted by Gasteiger charge is 2.18. The van der Waals surface area contributed by atoms with E-state index in [0.29, 0.717) is 12.4 Å². The van der Waals surface area contributed by atoms with Crippen molar-refractivity contribution in [1.82, 2.24) is 19.9 Å². The minimum atomic E-state index is -0.339. The fraction of sp³-hybridized carbons (Fsp3) is 0.125. The number of rotatable bonds is 3. The summed E-state index contributed by atoms with van der Waals surface area (Å²) in [5.74, 6) is 0.627. The second-order valence-corrected chi connectivity index (χ2v) is 6.15. The first kappa shape index (κ1) is 14.1. The van der Waals surface area contributed by atoms with Gasteiger partial charge in [0.15, 0.2) is 5.82 Å². The molecule has 7 heteroatoms. The lowest BCUT2D eigenvalue weighted by molar-refractivity contribution is 0.719. The smallest absolute Gasteiger partial charge is 0.160 e.